The van der Waals surface area contributed by atoms with E-state index in [4.69, 9.17) is 16.0 Å². The molecule has 5 nitrogen and oxygen atoms in total. The van der Waals surface area contributed by atoms with Crippen LogP contribution in [0.3, 0.4) is 0 Å². The summed E-state index contributed by atoms with van der Waals surface area (Å²) < 4.78 is 32.6. The van der Waals surface area contributed by atoms with Gasteiger partial charge in [0.15, 0.2) is 23.0 Å². The van der Waals surface area contributed by atoms with E-state index in [1.165, 1.54) is 12.4 Å². The Labute approximate surface area is 163 Å². The average molecular weight is 401 g/mol. The van der Waals surface area contributed by atoms with Gasteiger partial charge in [-0.1, -0.05) is 17.7 Å². The SMILES string of the molecule is Cc1nc2oc3c(NC4C[C@H]4c4ccc(F)c(F)c4)ncnc3c2c(C)c1Cl. The van der Waals surface area contributed by atoms with Gasteiger partial charge in [-0.25, -0.2) is 23.7 Å². The van der Waals surface area contributed by atoms with Crippen LogP contribution >= 0.6 is 11.6 Å². The normalized spacial score (nSPS) is 18.8. The van der Waals surface area contributed by atoms with Crippen LogP contribution in [0, 0.1) is 25.5 Å². The quantitative estimate of drug-likeness (QED) is 0.506. The van der Waals surface area contributed by atoms with Gasteiger partial charge in [-0.15, -0.1) is 0 Å². The standard InChI is InChI=1S/C20H15ClF2N4O/c1-8-15-17-18(28-20(15)26-9(2)16(8)21)19(25-7-24-17)27-14-6-11(14)10-3-4-12(22)13(23)5-10/h3-5,7,11,14H,6H2,1-2H3,(H,24,25,27)/t11-,14?/m0/s1. The lowest BCUT2D eigenvalue weighted by molar-refractivity contribution is 0.507. The molecule has 142 valence electrons. The van der Waals surface area contributed by atoms with Crippen molar-refractivity contribution >= 4 is 39.6 Å². The molecule has 0 spiro atoms. The monoisotopic (exact) mass is 400 g/mol. The van der Waals surface area contributed by atoms with Gasteiger partial charge in [-0.3, -0.25) is 0 Å². The van der Waals surface area contributed by atoms with Gasteiger partial charge in [0.05, 0.1) is 16.1 Å². The predicted molar refractivity (Wildman–Crippen MR) is 103 cm³/mol. The van der Waals surface area contributed by atoms with Crippen molar-refractivity contribution in [3.8, 4) is 0 Å². The van der Waals surface area contributed by atoms with E-state index < -0.39 is 11.6 Å². The molecule has 3 heterocycles. The third kappa shape index (κ3) is 2.61. The first-order valence-corrected chi connectivity index (χ1v) is 9.23. The molecule has 8 heteroatoms. The van der Waals surface area contributed by atoms with Crippen LogP contribution in [0.15, 0.2) is 28.9 Å². The number of furan rings is 1. The summed E-state index contributed by atoms with van der Waals surface area (Å²) in [6.07, 6.45) is 2.25. The maximum atomic E-state index is 13.5. The van der Waals surface area contributed by atoms with Crippen molar-refractivity contribution in [2.45, 2.75) is 32.2 Å². The molecule has 4 aromatic rings. The number of aromatic nitrogens is 3. The van der Waals surface area contributed by atoms with E-state index >= 15 is 0 Å². The molecule has 1 aliphatic rings. The Hall–Kier alpha value is -2.80. The summed E-state index contributed by atoms with van der Waals surface area (Å²) in [7, 11) is 0. The van der Waals surface area contributed by atoms with Crippen LogP contribution in [-0.2, 0) is 0 Å². The van der Waals surface area contributed by atoms with Gasteiger partial charge in [-0.2, -0.15) is 0 Å². The fourth-order valence-electron chi connectivity index (χ4n) is 3.64. The minimum atomic E-state index is -0.842. The predicted octanol–water partition coefficient (Wildman–Crippen LogP) is 5.29. The van der Waals surface area contributed by atoms with E-state index in [1.807, 2.05) is 13.8 Å². The number of nitrogens with one attached hydrogen (secondary N) is 1. The summed E-state index contributed by atoms with van der Waals surface area (Å²) in [6.45, 7) is 3.73. The fourth-order valence-corrected chi connectivity index (χ4v) is 3.78. The van der Waals surface area contributed by atoms with Crippen molar-refractivity contribution in [1.29, 1.82) is 0 Å². The molecule has 2 atom stereocenters. The molecule has 1 N–H and O–H groups in total. The molecule has 0 radical (unpaired) electrons. The molecule has 0 aliphatic heterocycles. The zero-order valence-electron chi connectivity index (χ0n) is 15.1. The summed E-state index contributed by atoms with van der Waals surface area (Å²) in [4.78, 5) is 13.1. The van der Waals surface area contributed by atoms with Crippen LogP contribution in [-0.4, -0.2) is 21.0 Å². The number of hydrogen-bond acceptors (Lipinski definition) is 5. The van der Waals surface area contributed by atoms with Crippen molar-refractivity contribution in [2.75, 3.05) is 5.32 Å². The van der Waals surface area contributed by atoms with E-state index in [2.05, 4.69) is 20.3 Å². The first kappa shape index (κ1) is 17.3. The Balaban J connectivity index is 1.51. The van der Waals surface area contributed by atoms with Crippen molar-refractivity contribution < 1.29 is 13.2 Å². The summed E-state index contributed by atoms with van der Waals surface area (Å²) in [5, 5.41) is 4.68. The second kappa shape index (κ2) is 6.10. The molecular weight excluding hydrogens is 386 g/mol. The maximum absolute atomic E-state index is 13.5. The van der Waals surface area contributed by atoms with Crippen molar-refractivity contribution in [3.63, 3.8) is 0 Å². The van der Waals surface area contributed by atoms with E-state index in [0.29, 0.717) is 33.3 Å². The molecular formula is C20H15ClF2N4O. The number of halogens is 3. The average Bonchev–Trinajstić information content (AvgIpc) is 3.33. The molecule has 1 fully saturated rings. The zero-order valence-corrected chi connectivity index (χ0v) is 15.8. The highest BCUT2D eigenvalue weighted by molar-refractivity contribution is 6.33. The number of pyridine rings is 1. The van der Waals surface area contributed by atoms with Crippen molar-refractivity contribution in [3.05, 3.63) is 58.0 Å². The number of aryl methyl sites for hydroxylation is 2. The van der Waals surface area contributed by atoms with E-state index in [1.54, 1.807) is 6.07 Å². The molecule has 0 amide bonds. The van der Waals surface area contributed by atoms with Crippen LogP contribution in [0.25, 0.3) is 22.2 Å². The van der Waals surface area contributed by atoms with Gasteiger partial charge in [0, 0.05) is 12.0 Å². The lowest BCUT2D eigenvalue weighted by Gasteiger charge is -2.05. The summed E-state index contributed by atoms with van der Waals surface area (Å²) in [5.74, 6) is -1.04. The van der Waals surface area contributed by atoms with Crippen LogP contribution in [0.5, 0.6) is 0 Å². The molecule has 1 aliphatic carbocycles. The molecule has 1 unspecified atom stereocenters. The van der Waals surface area contributed by atoms with Crippen molar-refractivity contribution in [2.24, 2.45) is 0 Å². The lowest BCUT2D eigenvalue weighted by atomic mass is 10.1. The Kier molecular flexibility index (Phi) is 3.77. The van der Waals surface area contributed by atoms with Gasteiger partial charge >= 0.3 is 0 Å². The minimum absolute atomic E-state index is 0.0514. The topological polar surface area (TPSA) is 63.8 Å². The number of anilines is 1. The summed E-state index contributed by atoms with van der Waals surface area (Å²) >= 11 is 6.34. The van der Waals surface area contributed by atoms with Crippen molar-refractivity contribution in [1.82, 2.24) is 15.0 Å². The number of rotatable bonds is 3. The Morgan fingerprint density at radius 1 is 1.18 bits per heavy atom. The highest BCUT2D eigenvalue weighted by atomic mass is 35.5. The third-order valence-corrected chi connectivity index (χ3v) is 5.79. The van der Waals surface area contributed by atoms with Gasteiger partial charge in [-0.05, 0) is 43.5 Å². The highest BCUT2D eigenvalue weighted by Gasteiger charge is 2.39. The van der Waals surface area contributed by atoms with Crippen LogP contribution in [0.1, 0.15) is 29.2 Å². The summed E-state index contributed by atoms with van der Waals surface area (Å²) in [6, 6.07) is 4.06. The first-order chi connectivity index (χ1) is 13.4. The largest absolute Gasteiger partial charge is 0.432 e. The smallest absolute Gasteiger partial charge is 0.229 e. The van der Waals surface area contributed by atoms with Gasteiger partial charge in [0.2, 0.25) is 5.71 Å². The third-order valence-electron chi connectivity index (χ3n) is 5.23. The highest BCUT2D eigenvalue weighted by Crippen LogP contribution is 2.44. The fraction of sp³-hybridized carbons (Fsp3) is 0.250. The number of hydrogen-bond donors (Lipinski definition) is 1. The van der Waals surface area contributed by atoms with Gasteiger partial charge in [0.25, 0.3) is 0 Å². The molecule has 5 rings (SSSR count). The van der Waals surface area contributed by atoms with E-state index in [0.717, 1.165) is 29.0 Å². The first-order valence-electron chi connectivity index (χ1n) is 8.85. The molecule has 0 bridgehead atoms. The summed E-state index contributed by atoms with van der Waals surface area (Å²) in [5.41, 5.74) is 3.92. The molecule has 0 saturated heterocycles. The number of nitrogens with zero attached hydrogens (tertiary/aromatic N) is 3. The molecule has 28 heavy (non-hydrogen) atoms. The zero-order chi connectivity index (χ0) is 19.6. The lowest BCUT2D eigenvalue weighted by Crippen LogP contribution is -2.06. The number of benzene rings is 1. The second-order valence-electron chi connectivity index (χ2n) is 7.08. The van der Waals surface area contributed by atoms with Crippen LogP contribution < -0.4 is 5.32 Å². The Morgan fingerprint density at radius 2 is 2.00 bits per heavy atom. The molecule has 1 saturated carbocycles. The number of fused-ring (bicyclic) bond motifs is 3. The van der Waals surface area contributed by atoms with Crippen LogP contribution in [0.2, 0.25) is 5.02 Å². The second-order valence-corrected chi connectivity index (χ2v) is 7.46. The van der Waals surface area contributed by atoms with Gasteiger partial charge in [0.1, 0.15) is 11.8 Å². The Morgan fingerprint density at radius 3 is 2.79 bits per heavy atom. The maximum Gasteiger partial charge on any atom is 0.229 e. The van der Waals surface area contributed by atoms with E-state index in [9.17, 15) is 8.78 Å². The minimum Gasteiger partial charge on any atom is -0.432 e. The molecule has 3 aromatic heterocycles. The van der Waals surface area contributed by atoms with Crippen LogP contribution in [0.4, 0.5) is 14.6 Å². The van der Waals surface area contributed by atoms with Gasteiger partial charge < -0.3 is 9.73 Å². The Bertz CT molecular complexity index is 1260. The van der Waals surface area contributed by atoms with E-state index in [-0.39, 0.29) is 12.0 Å². The molecule has 1 aromatic carbocycles.